The van der Waals surface area contributed by atoms with E-state index in [-0.39, 0.29) is 5.02 Å². The van der Waals surface area contributed by atoms with Crippen molar-refractivity contribution < 1.29 is 27.6 Å². The first-order valence-corrected chi connectivity index (χ1v) is 9.31. The van der Waals surface area contributed by atoms with E-state index in [1.54, 1.807) is 0 Å². The predicted octanol–water partition coefficient (Wildman–Crippen LogP) is 3.94. The average Bonchev–Trinajstić information content (AvgIpc) is 2.78. The van der Waals surface area contributed by atoms with Crippen LogP contribution in [0.25, 0.3) is 0 Å². The van der Waals surface area contributed by atoms with Crippen molar-refractivity contribution >= 4 is 35.1 Å². The number of anilines is 1. The number of para-hydroxylation sites is 1. The molecule has 1 saturated carbocycles. The first-order valence-electron chi connectivity index (χ1n) is 8.94. The van der Waals surface area contributed by atoms with Crippen LogP contribution in [0.3, 0.4) is 0 Å². The number of alkyl halides is 3. The summed E-state index contributed by atoms with van der Waals surface area (Å²) in [7, 11) is 0. The van der Waals surface area contributed by atoms with E-state index >= 15 is 0 Å². The predicted molar refractivity (Wildman–Crippen MR) is 95.8 cm³/mol. The number of halogens is 4. The molecule has 1 aliphatic carbocycles. The minimum Gasteiger partial charge on any atom is -0.323 e. The molecule has 2 N–H and O–H groups in total. The molecule has 10 heteroatoms. The minimum absolute atomic E-state index is 0.291. The summed E-state index contributed by atoms with van der Waals surface area (Å²) in [5.41, 5.74) is -2.72. The number of amides is 4. The Hall–Kier alpha value is -2.29. The molecule has 1 aromatic carbocycles. The number of benzene rings is 1. The van der Waals surface area contributed by atoms with E-state index < -0.39 is 47.4 Å². The summed E-state index contributed by atoms with van der Waals surface area (Å²) in [5.74, 6) is -1.45. The van der Waals surface area contributed by atoms with E-state index in [0.29, 0.717) is 12.8 Å². The average molecular weight is 418 g/mol. The molecule has 152 valence electrons. The Balaban J connectivity index is 1.76. The maximum Gasteiger partial charge on any atom is 0.418 e. The number of rotatable bonds is 3. The molecule has 1 heterocycles. The van der Waals surface area contributed by atoms with Gasteiger partial charge < -0.3 is 10.6 Å². The molecule has 1 spiro atoms. The van der Waals surface area contributed by atoms with Crippen molar-refractivity contribution in [2.24, 2.45) is 0 Å². The Morgan fingerprint density at radius 3 is 2.43 bits per heavy atom. The van der Waals surface area contributed by atoms with E-state index in [0.717, 1.165) is 42.7 Å². The Bertz CT molecular complexity index is 805. The van der Waals surface area contributed by atoms with Gasteiger partial charge in [-0.2, -0.15) is 13.2 Å². The minimum atomic E-state index is -4.72. The number of nitrogens with one attached hydrogen (secondary N) is 2. The fourth-order valence-electron chi connectivity index (χ4n) is 3.70. The largest absolute Gasteiger partial charge is 0.418 e. The van der Waals surface area contributed by atoms with Crippen LogP contribution < -0.4 is 10.6 Å². The second kappa shape index (κ2) is 7.62. The quantitative estimate of drug-likeness (QED) is 0.731. The molecule has 3 rings (SSSR count). The fraction of sp³-hybridized carbons (Fsp3) is 0.500. The van der Waals surface area contributed by atoms with E-state index in [2.05, 4.69) is 10.6 Å². The van der Waals surface area contributed by atoms with E-state index in [1.807, 2.05) is 0 Å². The number of nitrogens with zero attached hydrogens (tertiary/aromatic N) is 1. The lowest BCUT2D eigenvalue weighted by Crippen LogP contribution is -2.47. The van der Waals surface area contributed by atoms with Crippen LogP contribution in [0.15, 0.2) is 18.2 Å². The van der Waals surface area contributed by atoms with Crippen LogP contribution in [-0.4, -0.2) is 34.8 Å². The number of carbonyl (C=O) groups is 3. The zero-order valence-corrected chi connectivity index (χ0v) is 15.6. The number of hydrogen-bond acceptors (Lipinski definition) is 3. The van der Waals surface area contributed by atoms with Gasteiger partial charge in [-0.25, -0.2) is 4.79 Å². The molecule has 0 bridgehead atoms. The van der Waals surface area contributed by atoms with Gasteiger partial charge in [-0.05, 0) is 25.0 Å². The Kier molecular flexibility index (Phi) is 5.56. The molecule has 6 nitrogen and oxygen atoms in total. The molecule has 0 aromatic heterocycles. The van der Waals surface area contributed by atoms with Crippen molar-refractivity contribution in [2.75, 3.05) is 11.9 Å². The number of imide groups is 1. The van der Waals surface area contributed by atoms with Gasteiger partial charge in [0.05, 0.1) is 16.3 Å². The standard InChI is InChI=1S/C18H19ClF3N3O3/c19-12-7-5-6-11(18(20,21)22)14(12)23-13(26)10-25-15(27)17(24-16(25)28)8-3-1-2-4-9-17/h5-7H,1-4,8-10H2,(H,23,26)(H,24,28). The van der Waals surface area contributed by atoms with Crippen molar-refractivity contribution in [1.29, 1.82) is 0 Å². The van der Waals surface area contributed by atoms with Crippen LogP contribution in [-0.2, 0) is 15.8 Å². The van der Waals surface area contributed by atoms with Gasteiger partial charge in [-0.1, -0.05) is 43.4 Å². The summed E-state index contributed by atoms with van der Waals surface area (Å²) >= 11 is 5.81. The maximum absolute atomic E-state index is 13.1. The highest BCUT2D eigenvalue weighted by Crippen LogP contribution is 2.38. The van der Waals surface area contributed by atoms with E-state index in [9.17, 15) is 27.6 Å². The SMILES string of the molecule is O=C(CN1C(=O)NC2(CCCCCC2)C1=O)Nc1c(Cl)cccc1C(F)(F)F. The molecule has 0 unspecified atom stereocenters. The summed E-state index contributed by atoms with van der Waals surface area (Å²) in [6.07, 6.45) is -0.285. The summed E-state index contributed by atoms with van der Waals surface area (Å²) in [6.45, 7) is -0.686. The van der Waals surface area contributed by atoms with Gasteiger partial charge in [0.1, 0.15) is 12.1 Å². The van der Waals surface area contributed by atoms with Crippen molar-refractivity contribution in [1.82, 2.24) is 10.2 Å². The van der Waals surface area contributed by atoms with Crippen LogP contribution in [0.2, 0.25) is 5.02 Å². The van der Waals surface area contributed by atoms with Crippen molar-refractivity contribution in [3.8, 4) is 0 Å². The lowest BCUT2D eigenvalue weighted by Gasteiger charge is -2.24. The lowest BCUT2D eigenvalue weighted by molar-refractivity contribution is -0.137. The van der Waals surface area contributed by atoms with Crippen LogP contribution in [0.1, 0.15) is 44.1 Å². The summed E-state index contributed by atoms with van der Waals surface area (Å²) in [4.78, 5) is 38.1. The van der Waals surface area contributed by atoms with E-state index in [1.165, 1.54) is 6.07 Å². The molecule has 1 saturated heterocycles. The molecular formula is C18H19ClF3N3O3. The Morgan fingerprint density at radius 1 is 1.18 bits per heavy atom. The highest BCUT2D eigenvalue weighted by molar-refractivity contribution is 6.34. The van der Waals surface area contributed by atoms with Gasteiger partial charge >= 0.3 is 12.2 Å². The zero-order chi connectivity index (χ0) is 20.5. The molecular weight excluding hydrogens is 399 g/mol. The van der Waals surface area contributed by atoms with Crippen molar-refractivity contribution in [2.45, 2.75) is 50.2 Å². The summed E-state index contributed by atoms with van der Waals surface area (Å²) in [5, 5.41) is 4.48. The van der Waals surface area contributed by atoms with E-state index in [4.69, 9.17) is 11.6 Å². The highest BCUT2D eigenvalue weighted by atomic mass is 35.5. The molecule has 4 amide bonds. The van der Waals surface area contributed by atoms with Gasteiger partial charge in [0, 0.05) is 0 Å². The molecule has 0 radical (unpaired) electrons. The normalized spacial score (nSPS) is 19.5. The molecule has 0 atom stereocenters. The number of urea groups is 1. The van der Waals surface area contributed by atoms with Crippen LogP contribution in [0.5, 0.6) is 0 Å². The van der Waals surface area contributed by atoms with Gasteiger partial charge in [0.15, 0.2) is 0 Å². The molecule has 2 aliphatic rings. The molecule has 1 aromatic rings. The third kappa shape index (κ3) is 3.94. The topological polar surface area (TPSA) is 78.5 Å². The maximum atomic E-state index is 13.1. The third-order valence-electron chi connectivity index (χ3n) is 5.09. The van der Waals surface area contributed by atoms with Gasteiger partial charge in [-0.15, -0.1) is 0 Å². The third-order valence-corrected chi connectivity index (χ3v) is 5.40. The summed E-state index contributed by atoms with van der Waals surface area (Å²) in [6, 6.07) is 2.40. The highest BCUT2D eigenvalue weighted by Gasteiger charge is 2.51. The van der Waals surface area contributed by atoms with Crippen LogP contribution in [0.4, 0.5) is 23.7 Å². The van der Waals surface area contributed by atoms with Crippen molar-refractivity contribution in [3.05, 3.63) is 28.8 Å². The molecule has 1 aliphatic heterocycles. The second-order valence-corrected chi connectivity index (χ2v) is 7.43. The number of hydrogen-bond donors (Lipinski definition) is 2. The van der Waals surface area contributed by atoms with Crippen molar-refractivity contribution in [3.63, 3.8) is 0 Å². The first kappa shape index (κ1) is 20.4. The zero-order valence-electron chi connectivity index (χ0n) is 14.9. The number of carbonyl (C=O) groups excluding carboxylic acids is 3. The monoisotopic (exact) mass is 417 g/mol. The first-order chi connectivity index (χ1) is 13.1. The molecule has 28 heavy (non-hydrogen) atoms. The van der Waals surface area contributed by atoms with Gasteiger partial charge in [-0.3, -0.25) is 14.5 Å². The summed E-state index contributed by atoms with van der Waals surface area (Å²) < 4.78 is 39.4. The Labute approximate surface area is 164 Å². The van der Waals surface area contributed by atoms with Gasteiger partial charge in [0.2, 0.25) is 5.91 Å². The second-order valence-electron chi connectivity index (χ2n) is 7.03. The Morgan fingerprint density at radius 2 is 1.82 bits per heavy atom. The van der Waals surface area contributed by atoms with Gasteiger partial charge in [0.25, 0.3) is 5.91 Å². The van der Waals surface area contributed by atoms with Crippen LogP contribution in [0, 0.1) is 0 Å². The smallest absolute Gasteiger partial charge is 0.323 e. The fourth-order valence-corrected chi connectivity index (χ4v) is 3.92. The lowest BCUT2D eigenvalue weighted by atomic mass is 9.90. The molecule has 2 fully saturated rings. The van der Waals surface area contributed by atoms with Crippen LogP contribution >= 0.6 is 11.6 Å².